The summed E-state index contributed by atoms with van der Waals surface area (Å²) < 4.78 is 0. The lowest BCUT2D eigenvalue weighted by molar-refractivity contribution is -0.116. The summed E-state index contributed by atoms with van der Waals surface area (Å²) in [5.74, 6) is 0.0502. The molecular formula is C15H16N4O2S. The molecule has 1 aromatic carbocycles. The monoisotopic (exact) mass is 316 g/mol. The fourth-order valence-corrected chi connectivity index (χ4v) is 2.89. The number of benzene rings is 1. The van der Waals surface area contributed by atoms with Crippen LogP contribution in [0.2, 0.25) is 0 Å². The maximum Gasteiger partial charge on any atom is 0.321 e. The fraction of sp³-hybridized carbons (Fsp3) is 0.267. The number of aryl methyl sites for hydroxylation is 1. The van der Waals surface area contributed by atoms with Gasteiger partial charge in [0, 0.05) is 23.7 Å². The molecule has 114 valence electrons. The van der Waals surface area contributed by atoms with E-state index in [4.69, 9.17) is 0 Å². The number of hydrogen-bond acceptors (Lipinski definition) is 4. The van der Waals surface area contributed by atoms with Crippen molar-refractivity contribution < 1.29 is 9.59 Å². The number of fused-ring (bicyclic) bond motifs is 1. The Bertz CT molecular complexity index is 700. The normalized spacial score (nSPS) is 14.7. The number of nitrogens with one attached hydrogen (secondary N) is 3. The van der Waals surface area contributed by atoms with Crippen LogP contribution in [0.5, 0.6) is 0 Å². The summed E-state index contributed by atoms with van der Waals surface area (Å²) in [6.45, 7) is 1.92. The molecule has 1 unspecified atom stereocenters. The summed E-state index contributed by atoms with van der Waals surface area (Å²) in [4.78, 5) is 27.3. The van der Waals surface area contributed by atoms with Crippen LogP contribution in [0.1, 0.15) is 30.5 Å². The zero-order valence-electron chi connectivity index (χ0n) is 12.1. The van der Waals surface area contributed by atoms with Gasteiger partial charge in [0.2, 0.25) is 5.91 Å². The standard InChI is InChI=1S/C15H16N4O2S/c1-9(17-14(21)19-15-16-6-7-22-15)10-2-4-12-11(8-10)3-5-13(20)18-12/h2,4,6-9H,3,5H2,1H3,(H,18,20)(H2,16,17,19,21). The molecule has 6 nitrogen and oxygen atoms in total. The Morgan fingerprint density at radius 1 is 1.41 bits per heavy atom. The minimum Gasteiger partial charge on any atom is -0.331 e. The molecule has 2 aromatic rings. The van der Waals surface area contributed by atoms with E-state index in [0.717, 1.165) is 23.2 Å². The number of nitrogens with zero attached hydrogens (tertiary/aromatic N) is 1. The van der Waals surface area contributed by atoms with Crippen molar-refractivity contribution in [3.8, 4) is 0 Å². The Hall–Kier alpha value is -2.41. The van der Waals surface area contributed by atoms with Crippen LogP contribution in [-0.4, -0.2) is 16.9 Å². The molecule has 3 rings (SSSR count). The molecule has 1 aromatic heterocycles. The second-order valence-corrected chi connectivity index (χ2v) is 6.02. The number of thiazole rings is 1. The molecular weight excluding hydrogens is 300 g/mol. The van der Waals surface area contributed by atoms with Crippen LogP contribution in [0.4, 0.5) is 15.6 Å². The van der Waals surface area contributed by atoms with Crippen LogP contribution in [0.25, 0.3) is 0 Å². The number of carbonyl (C=O) groups is 2. The van der Waals surface area contributed by atoms with Gasteiger partial charge in [-0.2, -0.15) is 0 Å². The third-order valence-corrected chi connectivity index (χ3v) is 4.21. The Balaban J connectivity index is 1.66. The molecule has 3 N–H and O–H groups in total. The van der Waals surface area contributed by atoms with Gasteiger partial charge in [-0.25, -0.2) is 9.78 Å². The van der Waals surface area contributed by atoms with E-state index in [9.17, 15) is 9.59 Å². The molecule has 0 fully saturated rings. The van der Waals surface area contributed by atoms with Gasteiger partial charge in [0.05, 0.1) is 6.04 Å². The first-order valence-corrected chi connectivity index (χ1v) is 7.89. The molecule has 0 bridgehead atoms. The van der Waals surface area contributed by atoms with E-state index in [2.05, 4.69) is 20.9 Å². The predicted octanol–water partition coefficient (Wildman–Crippen LogP) is 2.91. The zero-order chi connectivity index (χ0) is 15.5. The summed E-state index contributed by atoms with van der Waals surface area (Å²) in [5, 5.41) is 10.8. The summed E-state index contributed by atoms with van der Waals surface area (Å²) in [5.41, 5.74) is 2.97. The minimum atomic E-state index is -0.284. The number of anilines is 2. The first-order chi connectivity index (χ1) is 10.6. The molecule has 7 heteroatoms. The Kier molecular flexibility index (Phi) is 4.06. The topological polar surface area (TPSA) is 83.1 Å². The number of aromatic nitrogens is 1. The average molecular weight is 316 g/mol. The quantitative estimate of drug-likeness (QED) is 0.814. The average Bonchev–Trinajstić information content (AvgIpc) is 2.99. The first-order valence-electron chi connectivity index (χ1n) is 7.01. The summed E-state index contributed by atoms with van der Waals surface area (Å²) in [7, 11) is 0. The molecule has 0 saturated carbocycles. The molecule has 1 aliphatic heterocycles. The second-order valence-electron chi connectivity index (χ2n) is 5.12. The van der Waals surface area contributed by atoms with Crippen molar-refractivity contribution in [3.05, 3.63) is 40.9 Å². The van der Waals surface area contributed by atoms with Crippen LogP contribution in [0.3, 0.4) is 0 Å². The van der Waals surface area contributed by atoms with E-state index in [1.807, 2.05) is 25.1 Å². The van der Waals surface area contributed by atoms with E-state index in [1.165, 1.54) is 11.3 Å². The summed E-state index contributed by atoms with van der Waals surface area (Å²) in [6.07, 6.45) is 2.87. The molecule has 0 saturated heterocycles. The number of carbonyl (C=O) groups excluding carboxylic acids is 2. The van der Waals surface area contributed by atoms with Gasteiger partial charge in [-0.15, -0.1) is 11.3 Å². The molecule has 3 amide bonds. The van der Waals surface area contributed by atoms with Crippen molar-refractivity contribution in [2.45, 2.75) is 25.8 Å². The van der Waals surface area contributed by atoms with E-state index >= 15 is 0 Å². The van der Waals surface area contributed by atoms with Crippen LogP contribution < -0.4 is 16.0 Å². The van der Waals surface area contributed by atoms with E-state index in [-0.39, 0.29) is 18.0 Å². The summed E-state index contributed by atoms with van der Waals surface area (Å²) in [6, 6.07) is 5.41. The first kappa shape index (κ1) is 14.5. The number of rotatable bonds is 3. The smallest absolute Gasteiger partial charge is 0.321 e. The molecule has 22 heavy (non-hydrogen) atoms. The fourth-order valence-electron chi connectivity index (χ4n) is 2.37. The van der Waals surface area contributed by atoms with Gasteiger partial charge in [0.15, 0.2) is 5.13 Å². The minimum absolute atomic E-state index is 0.0502. The van der Waals surface area contributed by atoms with Crippen LogP contribution >= 0.6 is 11.3 Å². The van der Waals surface area contributed by atoms with E-state index in [0.29, 0.717) is 11.6 Å². The molecule has 0 spiro atoms. The lowest BCUT2D eigenvalue weighted by Gasteiger charge is -2.20. The van der Waals surface area contributed by atoms with Crippen molar-refractivity contribution in [1.82, 2.24) is 10.3 Å². The van der Waals surface area contributed by atoms with Gasteiger partial charge < -0.3 is 10.6 Å². The highest BCUT2D eigenvalue weighted by Crippen LogP contribution is 2.26. The van der Waals surface area contributed by atoms with Gasteiger partial charge in [-0.3, -0.25) is 10.1 Å². The van der Waals surface area contributed by atoms with Crippen molar-refractivity contribution in [3.63, 3.8) is 0 Å². The van der Waals surface area contributed by atoms with Gasteiger partial charge in [0.25, 0.3) is 0 Å². The highest BCUT2D eigenvalue weighted by Gasteiger charge is 2.17. The van der Waals surface area contributed by atoms with Gasteiger partial charge in [0.1, 0.15) is 0 Å². The van der Waals surface area contributed by atoms with Gasteiger partial charge in [-0.05, 0) is 30.5 Å². The van der Waals surface area contributed by atoms with Gasteiger partial charge >= 0.3 is 6.03 Å². The highest BCUT2D eigenvalue weighted by atomic mass is 32.1. The van der Waals surface area contributed by atoms with Crippen LogP contribution in [0, 0.1) is 0 Å². The maximum absolute atomic E-state index is 11.9. The van der Waals surface area contributed by atoms with Crippen LogP contribution in [-0.2, 0) is 11.2 Å². The molecule has 0 aliphatic carbocycles. The van der Waals surface area contributed by atoms with E-state index < -0.39 is 0 Å². The Labute approximate surface area is 132 Å². The van der Waals surface area contributed by atoms with E-state index in [1.54, 1.807) is 11.6 Å². The SMILES string of the molecule is CC(NC(=O)Nc1nccs1)c1ccc2c(c1)CCC(=O)N2. The third-order valence-electron chi connectivity index (χ3n) is 3.53. The highest BCUT2D eigenvalue weighted by molar-refractivity contribution is 7.13. The largest absolute Gasteiger partial charge is 0.331 e. The molecule has 2 heterocycles. The predicted molar refractivity (Wildman–Crippen MR) is 86.1 cm³/mol. The zero-order valence-corrected chi connectivity index (χ0v) is 12.9. The number of urea groups is 1. The van der Waals surface area contributed by atoms with Crippen molar-refractivity contribution in [2.24, 2.45) is 0 Å². The van der Waals surface area contributed by atoms with Crippen molar-refractivity contribution in [2.75, 3.05) is 10.6 Å². The Morgan fingerprint density at radius 2 is 2.27 bits per heavy atom. The van der Waals surface area contributed by atoms with Crippen LogP contribution in [0.15, 0.2) is 29.8 Å². The number of amides is 3. The van der Waals surface area contributed by atoms with Crippen molar-refractivity contribution >= 4 is 34.1 Å². The number of hydrogen-bond donors (Lipinski definition) is 3. The summed E-state index contributed by atoms with van der Waals surface area (Å²) >= 11 is 1.37. The lowest BCUT2D eigenvalue weighted by Crippen LogP contribution is -2.31. The molecule has 1 aliphatic rings. The maximum atomic E-state index is 11.9. The Morgan fingerprint density at radius 3 is 3.05 bits per heavy atom. The second kappa shape index (κ2) is 6.15. The van der Waals surface area contributed by atoms with Crippen molar-refractivity contribution in [1.29, 1.82) is 0 Å². The lowest BCUT2D eigenvalue weighted by atomic mass is 9.98. The third kappa shape index (κ3) is 3.25. The molecule has 0 radical (unpaired) electrons. The van der Waals surface area contributed by atoms with Gasteiger partial charge in [-0.1, -0.05) is 12.1 Å². The molecule has 1 atom stereocenters.